The van der Waals surface area contributed by atoms with Crippen molar-refractivity contribution in [1.29, 1.82) is 0 Å². The minimum atomic E-state index is -1.19. The summed E-state index contributed by atoms with van der Waals surface area (Å²) in [4.78, 5) is 16.1. The maximum Gasteiger partial charge on any atom is 0.358 e. The van der Waals surface area contributed by atoms with Crippen LogP contribution in [0.15, 0.2) is 29.0 Å². The Morgan fingerprint density at radius 2 is 2.17 bits per heavy atom. The monoisotopic (exact) mass is 250 g/mol. The van der Waals surface area contributed by atoms with Crippen molar-refractivity contribution < 1.29 is 18.7 Å². The molecule has 1 aromatic heterocycles. The van der Waals surface area contributed by atoms with Crippen LogP contribution in [0, 0.1) is 5.82 Å². The Hall–Kier alpha value is -2.37. The third-order valence-corrected chi connectivity index (χ3v) is 2.46. The number of carboxylic acids is 1. The highest BCUT2D eigenvalue weighted by atomic mass is 19.1. The number of carbonyl (C=O) groups is 1. The van der Waals surface area contributed by atoms with Crippen molar-refractivity contribution in [2.24, 2.45) is 0 Å². The van der Waals surface area contributed by atoms with E-state index in [1.54, 1.807) is 19.0 Å². The number of nitrogens with zero attached hydrogens (tertiary/aromatic N) is 2. The number of hydrogen-bond donors (Lipinski definition) is 1. The summed E-state index contributed by atoms with van der Waals surface area (Å²) in [5, 5.41) is 8.94. The highest BCUT2D eigenvalue weighted by Crippen LogP contribution is 2.28. The van der Waals surface area contributed by atoms with Crippen LogP contribution < -0.4 is 4.90 Å². The standard InChI is InChI=1S/C12H11FN2O3/c1-15(2)9-5-7(3-4-8(9)13)11-10(12(16)17)14-6-18-11/h3-6H,1-2H3,(H,16,17). The van der Waals surface area contributed by atoms with E-state index in [-0.39, 0.29) is 17.3 Å². The molecule has 0 amide bonds. The lowest BCUT2D eigenvalue weighted by Gasteiger charge is -2.14. The molecule has 0 aliphatic heterocycles. The molecule has 0 saturated carbocycles. The van der Waals surface area contributed by atoms with Crippen molar-refractivity contribution in [3.05, 3.63) is 36.1 Å². The molecular weight excluding hydrogens is 239 g/mol. The first kappa shape index (κ1) is 12.1. The van der Waals surface area contributed by atoms with Crippen LogP contribution >= 0.6 is 0 Å². The second kappa shape index (κ2) is 4.48. The summed E-state index contributed by atoms with van der Waals surface area (Å²) < 4.78 is 18.6. The van der Waals surface area contributed by atoms with Gasteiger partial charge in [-0.15, -0.1) is 0 Å². The first-order chi connectivity index (χ1) is 8.50. The molecule has 0 spiro atoms. The lowest BCUT2D eigenvalue weighted by molar-refractivity contribution is 0.0691. The van der Waals surface area contributed by atoms with Gasteiger partial charge in [-0.3, -0.25) is 0 Å². The summed E-state index contributed by atoms with van der Waals surface area (Å²) in [6, 6.07) is 4.23. The number of benzene rings is 1. The van der Waals surface area contributed by atoms with E-state index in [9.17, 15) is 9.18 Å². The predicted octanol–water partition coefficient (Wildman–Crippen LogP) is 2.24. The Morgan fingerprint density at radius 3 is 2.78 bits per heavy atom. The Morgan fingerprint density at radius 1 is 1.44 bits per heavy atom. The average Bonchev–Trinajstić information content (AvgIpc) is 2.78. The number of anilines is 1. The second-order valence-corrected chi connectivity index (χ2v) is 3.90. The van der Waals surface area contributed by atoms with Crippen LogP contribution in [0.4, 0.5) is 10.1 Å². The van der Waals surface area contributed by atoms with E-state index >= 15 is 0 Å². The van der Waals surface area contributed by atoms with Gasteiger partial charge in [0.25, 0.3) is 0 Å². The van der Waals surface area contributed by atoms with E-state index in [4.69, 9.17) is 9.52 Å². The number of aromatic carboxylic acids is 1. The van der Waals surface area contributed by atoms with Gasteiger partial charge in [-0.2, -0.15) is 0 Å². The van der Waals surface area contributed by atoms with Gasteiger partial charge in [-0.1, -0.05) is 0 Å². The summed E-state index contributed by atoms with van der Waals surface area (Å²) in [5.41, 5.74) is 0.626. The van der Waals surface area contributed by atoms with Crippen molar-refractivity contribution in [2.45, 2.75) is 0 Å². The fourth-order valence-corrected chi connectivity index (χ4v) is 1.60. The lowest BCUT2D eigenvalue weighted by atomic mass is 10.1. The van der Waals surface area contributed by atoms with Gasteiger partial charge in [-0.05, 0) is 18.2 Å². The van der Waals surface area contributed by atoms with E-state index < -0.39 is 5.97 Å². The van der Waals surface area contributed by atoms with Crippen LogP contribution in [0.5, 0.6) is 0 Å². The van der Waals surface area contributed by atoms with E-state index in [1.807, 2.05) is 0 Å². The van der Waals surface area contributed by atoms with Crippen molar-refractivity contribution in [1.82, 2.24) is 4.98 Å². The Bertz CT molecular complexity index is 593. The lowest BCUT2D eigenvalue weighted by Crippen LogP contribution is -2.10. The molecule has 0 aliphatic carbocycles. The van der Waals surface area contributed by atoms with Gasteiger partial charge in [0.1, 0.15) is 5.82 Å². The van der Waals surface area contributed by atoms with Gasteiger partial charge < -0.3 is 14.4 Å². The fraction of sp³-hybridized carbons (Fsp3) is 0.167. The Balaban J connectivity index is 2.54. The highest BCUT2D eigenvalue weighted by molar-refractivity contribution is 5.92. The van der Waals surface area contributed by atoms with Crippen LogP contribution in [0.3, 0.4) is 0 Å². The molecule has 1 aromatic carbocycles. The molecule has 2 rings (SSSR count). The van der Waals surface area contributed by atoms with Crippen molar-refractivity contribution in [3.63, 3.8) is 0 Å². The minimum Gasteiger partial charge on any atom is -0.476 e. The second-order valence-electron chi connectivity index (χ2n) is 3.90. The van der Waals surface area contributed by atoms with E-state index in [2.05, 4.69) is 4.98 Å². The van der Waals surface area contributed by atoms with Gasteiger partial charge in [-0.25, -0.2) is 14.2 Å². The summed E-state index contributed by atoms with van der Waals surface area (Å²) in [7, 11) is 3.39. The molecule has 5 nitrogen and oxygen atoms in total. The maximum absolute atomic E-state index is 13.5. The van der Waals surface area contributed by atoms with Crippen molar-refractivity contribution in [3.8, 4) is 11.3 Å². The fourth-order valence-electron chi connectivity index (χ4n) is 1.60. The molecule has 0 saturated heterocycles. The Kier molecular flexibility index (Phi) is 3.01. The Labute approximate surface area is 102 Å². The topological polar surface area (TPSA) is 66.6 Å². The molecule has 1 heterocycles. The molecule has 0 unspecified atom stereocenters. The SMILES string of the molecule is CN(C)c1cc(-c2ocnc2C(=O)O)ccc1F. The predicted molar refractivity (Wildman–Crippen MR) is 63.2 cm³/mol. The molecule has 0 bridgehead atoms. The minimum absolute atomic E-state index is 0.116. The molecule has 94 valence electrons. The average molecular weight is 250 g/mol. The van der Waals surface area contributed by atoms with E-state index in [1.165, 1.54) is 18.2 Å². The summed E-state index contributed by atoms with van der Waals surface area (Å²) in [6.07, 6.45) is 1.05. The molecule has 0 radical (unpaired) electrons. The first-order valence-corrected chi connectivity index (χ1v) is 5.14. The molecule has 0 fully saturated rings. The third kappa shape index (κ3) is 2.04. The zero-order valence-corrected chi connectivity index (χ0v) is 9.85. The van der Waals surface area contributed by atoms with E-state index in [0.29, 0.717) is 11.3 Å². The summed E-state index contributed by atoms with van der Waals surface area (Å²) in [5.74, 6) is -1.46. The van der Waals surface area contributed by atoms with Gasteiger partial charge >= 0.3 is 5.97 Å². The smallest absolute Gasteiger partial charge is 0.358 e. The van der Waals surface area contributed by atoms with Crippen LogP contribution in [0.2, 0.25) is 0 Å². The number of carboxylic acid groups (broad SMARTS) is 1. The zero-order chi connectivity index (χ0) is 13.3. The van der Waals surface area contributed by atoms with Gasteiger partial charge in [0.05, 0.1) is 5.69 Å². The number of oxazole rings is 1. The van der Waals surface area contributed by atoms with Crippen LogP contribution in [-0.2, 0) is 0 Å². The summed E-state index contributed by atoms with van der Waals surface area (Å²) in [6.45, 7) is 0. The number of halogens is 1. The molecule has 1 N–H and O–H groups in total. The third-order valence-electron chi connectivity index (χ3n) is 2.46. The van der Waals surface area contributed by atoms with Gasteiger partial charge in [0.2, 0.25) is 0 Å². The molecule has 18 heavy (non-hydrogen) atoms. The number of hydrogen-bond acceptors (Lipinski definition) is 4. The largest absolute Gasteiger partial charge is 0.476 e. The molecular formula is C12H11FN2O3. The summed E-state index contributed by atoms with van der Waals surface area (Å²) >= 11 is 0. The van der Waals surface area contributed by atoms with E-state index in [0.717, 1.165) is 6.39 Å². The zero-order valence-electron chi connectivity index (χ0n) is 9.85. The molecule has 0 aliphatic rings. The van der Waals surface area contributed by atoms with Crippen LogP contribution in [0.1, 0.15) is 10.5 Å². The molecule has 0 atom stereocenters. The number of rotatable bonds is 3. The maximum atomic E-state index is 13.5. The van der Waals surface area contributed by atoms with Gasteiger partial charge in [0.15, 0.2) is 17.8 Å². The van der Waals surface area contributed by atoms with Crippen molar-refractivity contribution >= 4 is 11.7 Å². The van der Waals surface area contributed by atoms with Crippen LogP contribution in [0.25, 0.3) is 11.3 Å². The normalized spacial score (nSPS) is 10.4. The highest BCUT2D eigenvalue weighted by Gasteiger charge is 2.18. The van der Waals surface area contributed by atoms with Crippen molar-refractivity contribution in [2.75, 3.05) is 19.0 Å². The molecule has 2 aromatic rings. The quantitative estimate of drug-likeness (QED) is 0.904. The first-order valence-electron chi connectivity index (χ1n) is 5.14. The number of aromatic nitrogens is 1. The molecule has 6 heteroatoms. The van der Waals surface area contributed by atoms with Crippen LogP contribution in [-0.4, -0.2) is 30.2 Å². The van der Waals surface area contributed by atoms with Gasteiger partial charge in [0, 0.05) is 19.7 Å².